The number of hydrogen-bond acceptors (Lipinski definition) is 2. The second-order valence-corrected chi connectivity index (χ2v) is 5.35. The van der Waals surface area contributed by atoms with Gasteiger partial charge in [-0.2, -0.15) is 0 Å². The molecule has 1 amide bonds. The van der Waals surface area contributed by atoms with E-state index in [1.807, 2.05) is 24.3 Å². The summed E-state index contributed by atoms with van der Waals surface area (Å²) < 4.78 is 0. The fourth-order valence-corrected chi connectivity index (χ4v) is 2.11. The molecule has 0 saturated heterocycles. The largest absolute Gasteiger partial charge is 0.399 e. The maximum atomic E-state index is 11.8. The van der Waals surface area contributed by atoms with Crippen LogP contribution in [0.1, 0.15) is 44.1 Å². The van der Waals surface area contributed by atoms with Gasteiger partial charge in [0.05, 0.1) is 0 Å². The first kappa shape index (κ1) is 12.9. The lowest BCUT2D eigenvalue weighted by atomic mass is 9.97. The summed E-state index contributed by atoms with van der Waals surface area (Å²) in [6.45, 7) is 2.91. The van der Waals surface area contributed by atoms with E-state index >= 15 is 0 Å². The Hall–Kier alpha value is -1.51. The number of nitrogens with one attached hydrogen (secondary N) is 1. The first-order chi connectivity index (χ1) is 8.65. The molecular formula is C15H22N2O. The van der Waals surface area contributed by atoms with Gasteiger partial charge in [-0.25, -0.2) is 0 Å². The van der Waals surface area contributed by atoms with Crippen molar-refractivity contribution in [3.63, 3.8) is 0 Å². The molecule has 1 fully saturated rings. The van der Waals surface area contributed by atoms with Crippen LogP contribution in [0.4, 0.5) is 5.69 Å². The van der Waals surface area contributed by atoms with Crippen molar-refractivity contribution in [1.29, 1.82) is 0 Å². The van der Waals surface area contributed by atoms with E-state index in [2.05, 4.69) is 12.2 Å². The summed E-state index contributed by atoms with van der Waals surface area (Å²) in [6.07, 6.45) is 4.38. The molecule has 0 spiro atoms. The minimum absolute atomic E-state index is 0.153. The molecule has 0 radical (unpaired) electrons. The van der Waals surface area contributed by atoms with E-state index < -0.39 is 0 Å². The van der Waals surface area contributed by atoms with Gasteiger partial charge in [0.1, 0.15) is 0 Å². The maximum Gasteiger partial charge on any atom is 0.220 e. The lowest BCUT2D eigenvalue weighted by Crippen LogP contribution is -2.25. The third-order valence-corrected chi connectivity index (χ3v) is 3.57. The molecule has 1 aliphatic carbocycles. The van der Waals surface area contributed by atoms with Crippen molar-refractivity contribution in [2.24, 2.45) is 5.92 Å². The van der Waals surface area contributed by atoms with Gasteiger partial charge in [0.15, 0.2) is 0 Å². The van der Waals surface area contributed by atoms with Gasteiger partial charge in [-0.3, -0.25) is 4.79 Å². The fourth-order valence-electron chi connectivity index (χ4n) is 2.11. The van der Waals surface area contributed by atoms with Gasteiger partial charge in [-0.15, -0.1) is 0 Å². The van der Waals surface area contributed by atoms with Gasteiger partial charge >= 0.3 is 0 Å². The monoisotopic (exact) mass is 246 g/mol. The SMILES string of the molecule is CC(CC(=O)NCCC1CC1)c1ccc(N)cc1. The minimum atomic E-state index is 0.153. The standard InChI is InChI=1S/C15H22N2O/c1-11(13-4-6-14(16)7-5-13)10-15(18)17-9-8-12-2-3-12/h4-7,11-12H,2-3,8-10,16H2,1H3,(H,17,18). The third-order valence-electron chi connectivity index (χ3n) is 3.57. The van der Waals surface area contributed by atoms with Crippen LogP contribution in [0, 0.1) is 5.92 Å². The van der Waals surface area contributed by atoms with Crippen molar-refractivity contribution in [1.82, 2.24) is 5.32 Å². The van der Waals surface area contributed by atoms with E-state index in [0.717, 1.165) is 24.6 Å². The molecule has 1 aliphatic rings. The van der Waals surface area contributed by atoms with E-state index in [-0.39, 0.29) is 11.8 Å². The van der Waals surface area contributed by atoms with Crippen LogP contribution >= 0.6 is 0 Å². The highest BCUT2D eigenvalue weighted by molar-refractivity contribution is 5.76. The van der Waals surface area contributed by atoms with Crippen molar-refractivity contribution in [3.05, 3.63) is 29.8 Å². The van der Waals surface area contributed by atoms with Crippen LogP contribution in [-0.4, -0.2) is 12.5 Å². The molecular weight excluding hydrogens is 224 g/mol. The van der Waals surface area contributed by atoms with Crippen LogP contribution in [0.15, 0.2) is 24.3 Å². The second-order valence-electron chi connectivity index (χ2n) is 5.35. The van der Waals surface area contributed by atoms with Crippen LogP contribution in [0.2, 0.25) is 0 Å². The first-order valence-electron chi connectivity index (χ1n) is 6.77. The molecule has 18 heavy (non-hydrogen) atoms. The summed E-state index contributed by atoms with van der Waals surface area (Å²) in [6, 6.07) is 7.77. The number of anilines is 1. The zero-order valence-corrected chi connectivity index (χ0v) is 11.0. The number of hydrogen-bond donors (Lipinski definition) is 2. The summed E-state index contributed by atoms with van der Waals surface area (Å²) in [7, 11) is 0. The summed E-state index contributed by atoms with van der Waals surface area (Å²) in [5.74, 6) is 1.27. The predicted octanol–water partition coefficient (Wildman–Crippen LogP) is 2.68. The van der Waals surface area contributed by atoms with Crippen LogP contribution in [-0.2, 0) is 4.79 Å². The lowest BCUT2D eigenvalue weighted by Gasteiger charge is -2.12. The van der Waals surface area contributed by atoms with E-state index in [0.29, 0.717) is 6.42 Å². The number of nitrogen functional groups attached to an aromatic ring is 1. The summed E-state index contributed by atoms with van der Waals surface area (Å²) in [5, 5.41) is 3.00. The van der Waals surface area contributed by atoms with E-state index in [4.69, 9.17) is 5.73 Å². The minimum Gasteiger partial charge on any atom is -0.399 e. The second kappa shape index (κ2) is 5.89. The Balaban J connectivity index is 1.73. The Morgan fingerprint density at radius 2 is 2.06 bits per heavy atom. The molecule has 2 rings (SSSR count). The number of benzene rings is 1. The Bertz CT molecular complexity index is 395. The highest BCUT2D eigenvalue weighted by Gasteiger charge is 2.20. The Morgan fingerprint density at radius 1 is 1.39 bits per heavy atom. The van der Waals surface area contributed by atoms with Crippen LogP contribution < -0.4 is 11.1 Å². The lowest BCUT2D eigenvalue weighted by molar-refractivity contribution is -0.121. The highest BCUT2D eigenvalue weighted by Crippen LogP contribution is 2.31. The van der Waals surface area contributed by atoms with Gasteiger partial charge in [-0.05, 0) is 36.0 Å². The van der Waals surface area contributed by atoms with Crippen LogP contribution in [0.25, 0.3) is 0 Å². The van der Waals surface area contributed by atoms with E-state index in [1.54, 1.807) is 0 Å². The maximum absolute atomic E-state index is 11.8. The van der Waals surface area contributed by atoms with Gasteiger partial charge < -0.3 is 11.1 Å². The Morgan fingerprint density at radius 3 is 2.67 bits per heavy atom. The molecule has 3 heteroatoms. The van der Waals surface area contributed by atoms with Crippen molar-refractivity contribution >= 4 is 11.6 Å². The molecule has 1 atom stereocenters. The van der Waals surface area contributed by atoms with Crippen molar-refractivity contribution in [2.45, 2.75) is 38.5 Å². The summed E-state index contributed by atoms with van der Waals surface area (Å²) >= 11 is 0. The number of carbonyl (C=O) groups excluding carboxylic acids is 1. The van der Waals surface area contributed by atoms with E-state index in [1.165, 1.54) is 18.4 Å². The Kier molecular flexibility index (Phi) is 4.24. The smallest absolute Gasteiger partial charge is 0.220 e. The van der Waals surface area contributed by atoms with Gasteiger partial charge in [-0.1, -0.05) is 31.9 Å². The zero-order valence-electron chi connectivity index (χ0n) is 11.0. The first-order valence-corrected chi connectivity index (χ1v) is 6.77. The van der Waals surface area contributed by atoms with Crippen molar-refractivity contribution in [2.75, 3.05) is 12.3 Å². The molecule has 1 saturated carbocycles. The van der Waals surface area contributed by atoms with Crippen LogP contribution in [0.3, 0.4) is 0 Å². The number of rotatable bonds is 6. The van der Waals surface area contributed by atoms with Crippen LogP contribution in [0.5, 0.6) is 0 Å². The average molecular weight is 246 g/mol. The molecule has 0 bridgehead atoms. The highest BCUT2D eigenvalue weighted by atomic mass is 16.1. The average Bonchev–Trinajstić information content (AvgIpc) is 3.13. The molecule has 1 unspecified atom stereocenters. The quantitative estimate of drug-likeness (QED) is 0.758. The number of amides is 1. The molecule has 3 nitrogen and oxygen atoms in total. The molecule has 0 aromatic heterocycles. The molecule has 1 aromatic rings. The third kappa shape index (κ3) is 4.06. The molecule has 1 aromatic carbocycles. The zero-order chi connectivity index (χ0) is 13.0. The van der Waals surface area contributed by atoms with Gasteiger partial charge in [0, 0.05) is 18.7 Å². The molecule has 0 aliphatic heterocycles. The molecule has 0 heterocycles. The normalized spacial score (nSPS) is 16.3. The molecule has 98 valence electrons. The number of nitrogens with two attached hydrogens (primary N) is 1. The Labute approximate surface area is 109 Å². The number of carbonyl (C=O) groups is 1. The topological polar surface area (TPSA) is 55.1 Å². The van der Waals surface area contributed by atoms with Gasteiger partial charge in [0.25, 0.3) is 0 Å². The fraction of sp³-hybridized carbons (Fsp3) is 0.533. The van der Waals surface area contributed by atoms with E-state index in [9.17, 15) is 4.79 Å². The summed E-state index contributed by atoms with van der Waals surface area (Å²) in [5.41, 5.74) is 7.58. The molecule has 3 N–H and O–H groups in total. The predicted molar refractivity (Wildman–Crippen MR) is 74.2 cm³/mol. The van der Waals surface area contributed by atoms with Crippen molar-refractivity contribution < 1.29 is 4.79 Å². The van der Waals surface area contributed by atoms with Crippen molar-refractivity contribution in [3.8, 4) is 0 Å². The summed E-state index contributed by atoms with van der Waals surface area (Å²) in [4.78, 5) is 11.8. The van der Waals surface area contributed by atoms with Gasteiger partial charge in [0.2, 0.25) is 5.91 Å².